The van der Waals surface area contributed by atoms with E-state index in [9.17, 15) is 0 Å². The van der Waals surface area contributed by atoms with E-state index in [2.05, 4.69) is 5.10 Å². The van der Waals surface area contributed by atoms with Crippen molar-refractivity contribution in [3.05, 3.63) is 6.20 Å². The number of nitrogens with two attached hydrogens (primary N) is 2. The largest absolute Gasteiger partial charge is 0.396 e. The zero-order valence-electron chi connectivity index (χ0n) is 7.77. The molecule has 0 saturated heterocycles. The minimum Gasteiger partial charge on any atom is -0.396 e. The molecule has 0 saturated carbocycles. The number of hydrogen-bond acceptors (Lipinski definition) is 4. The molecule has 0 amide bonds. The molecule has 0 aliphatic heterocycles. The average Bonchev–Trinajstić information content (AvgIpc) is 2.44. The lowest BCUT2D eigenvalue weighted by Gasteiger charge is -2.08. The maximum absolute atomic E-state index is 8.80. The van der Waals surface area contributed by atoms with E-state index in [1.165, 1.54) is 0 Å². The van der Waals surface area contributed by atoms with E-state index in [1.807, 2.05) is 6.92 Å². The summed E-state index contributed by atoms with van der Waals surface area (Å²) in [5.41, 5.74) is 11.7. The van der Waals surface area contributed by atoms with Crippen LogP contribution in [0.5, 0.6) is 0 Å². The van der Waals surface area contributed by atoms with Gasteiger partial charge in [0.25, 0.3) is 0 Å². The van der Waals surface area contributed by atoms with Gasteiger partial charge < -0.3 is 16.6 Å². The Bertz CT molecular complexity index is 271. The SMILES string of the molecule is CC(CO)CCn1ncc(N)c1N. The van der Waals surface area contributed by atoms with E-state index in [0.29, 0.717) is 18.1 Å². The summed E-state index contributed by atoms with van der Waals surface area (Å²) in [5, 5.41) is 12.8. The summed E-state index contributed by atoms with van der Waals surface area (Å²) in [6, 6.07) is 0. The summed E-state index contributed by atoms with van der Waals surface area (Å²) in [5.74, 6) is 0.773. The van der Waals surface area contributed by atoms with Gasteiger partial charge in [0.2, 0.25) is 0 Å². The van der Waals surface area contributed by atoms with Gasteiger partial charge in [0.1, 0.15) is 5.82 Å². The maximum Gasteiger partial charge on any atom is 0.145 e. The molecule has 5 N–H and O–H groups in total. The predicted molar refractivity (Wildman–Crippen MR) is 51.9 cm³/mol. The summed E-state index contributed by atoms with van der Waals surface area (Å²) < 4.78 is 1.65. The minimum atomic E-state index is 0.191. The molecule has 1 rings (SSSR count). The van der Waals surface area contributed by atoms with Crippen LogP contribution in [0.15, 0.2) is 6.20 Å². The molecule has 0 radical (unpaired) electrons. The number of aryl methyl sites for hydroxylation is 1. The van der Waals surface area contributed by atoms with Crippen LogP contribution in [0.4, 0.5) is 11.5 Å². The van der Waals surface area contributed by atoms with Crippen molar-refractivity contribution in [3.8, 4) is 0 Å². The topological polar surface area (TPSA) is 90.1 Å². The van der Waals surface area contributed by atoms with Crippen molar-refractivity contribution < 1.29 is 5.11 Å². The Morgan fingerprint density at radius 2 is 2.31 bits per heavy atom. The van der Waals surface area contributed by atoms with Gasteiger partial charge in [-0.3, -0.25) is 0 Å². The number of aromatic nitrogens is 2. The summed E-state index contributed by atoms with van der Waals surface area (Å²) in [4.78, 5) is 0. The molecule has 1 aromatic rings. The summed E-state index contributed by atoms with van der Waals surface area (Å²) in [7, 11) is 0. The first-order valence-electron chi connectivity index (χ1n) is 4.32. The molecule has 1 heterocycles. The van der Waals surface area contributed by atoms with Gasteiger partial charge in [0, 0.05) is 13.2 Å². The standard InChI is InChI=1S/C8H16N4O/c1-6(5-13)2-3-12-8(10)7(9)4-11-12/h4,6,13H,2-3,5,9-10H2,1H3. The fourth-order valence-corrected chi connectivity index (χ4v) is 1.02. The van der Waals surface area contributed by atoms with E-state index in [-0.39, 0.29) is 12.5 Å². The molecule has 0 fully saturated rings. The highest BCUT2D eigenvalue weighted by Gasteiger charge is 2.05. The second-order valence-corrected chi connectivity index (χ2v) is 3.28. The van der Waals surface area contributed by atoms with Crippen molar-refractivity contribution in [1.82, 2.24) is 9.78 Å². The van der Waals surface area contributed by atoms with E-state index in [0.717, 1.165) is 6.42 Å². The summed E-state index contributed by atoms with van der Waals surface area (Å²) >= 11 is 0. The minimum absolute atomic E-state index is 0.191. The number of aliphatic hydroxyl groups is 1. The first-order chi connectivity index (χ1) is 6.15. The zero-order valence-corrected chi connectivity index (χ0v) is 7.77. The van der Waals surface area contributed by atoms with Crippen LogP contribution in [0.25, 0.3) is 0 Å². The van der Waals surface area contributed by atoms with Crippen LogP contribution < -0.4 is 11.5 Å². The van der Waals surface area contributed by atoms with Crippen LogP contribution in [0.3, 0.4) is 0 Å². The first-order valence-corrected chi connectivity index (χ1v) is 4.32. The van der Waals surface area contributed by atoms with Gasteiger partial charge in [-0.2, -0.15) is 5.10 Å². The lowest BCUT2D eigenvalue weighted by molar-refractivity contribution is 0.224. The first kappa shape index (κ1) is 9.85. The highest BCUT2D eigenvalue weighted by atomic mass is 16.3. The predicted octanol–water partition coefficient (Wildman–Crippen LogP) is 0.0660. The Kier molecular flexibility index (Phi) is 3.13. The van der Waals surface area contributed by atoms with E-state index >= 15 is 0 Å². The molecular weight excluding hydrogens is 168 g/mol. The van der Waals surface area contributed by atoms with Crippen molar-refractivity contribution >= 4 is 11.5 Å². The number of nitrogens with zero attached hydrogens (tertiary/aromatic N) is 2. The smallest absolute Gasteiger partial charge is 0.145 e. The molecule has 0 aliphatic rings. The molecule has 1 atom stereocenters. The molecule has 0 aromatic carbocycles. The highest BCUT2D eigenvalue weighted by Crippen LogP contribution is 2.14. The Balaban J connectivity index is 2.50. The van der Waals surface area contributed by atoms with Crippen LogP contribution in [0, 0.1) is 5.92 Å². The quantitative estimate of drug-likeness (QED) is 0.617. The Morgan fingerprint density at radius 1 is 1.62 bits per heavy atom. The number of nitrogen functional groups attached to an aromatic ring is 2. The average molecular weight is 184 g/mol. The monoisotopic (exact) mass is 184 g/mol. The molecule has 5 nitrogen and oxygen atoms in total. The highest BCUT2D eigenvalue weighted by molar-refractivity contribution is 5.56. The Morgan fingerprint density at radius 3 is 2.77 bits per heavy atom. The molecule has 74 valence electrons. The zero-order chi connectivity index (χ0) is 9.84. The van der Waals surface area contributed by atoms with Crippen LogP contribution in [-0.4, -0.2) is 21.5 Å². The molecular formula is C8H16N4O. The van der Waals surface area contributed by atoms with E-state index in [4.69, 9.17) is 16.6 Å². The van der Waals surface area contributed by atoms with Gasteiger partial charge in [0.15, 0.2) is 0 Å². The van der Waals surface area contributed by atoms with Crippen molar-refractivity contribution in [3.63, 3.8) is 0 Å². The fourth-order valence-electron chi connectivity index (χ4n) is 1.02. The van der Waals surface area contributed by atoms with Gasteiger partial charge in [-0.15, -0.1) is 0 Å². The van der Waals surface area contributed by atoms with Gasteiger partial charge >= 0.3 is 0 Å². The van der Waals surface area contributed by atoms with Gasteiger partial charge in [-0.1, -0.05) is 6.92 Å². The normalized spacial score (nSPS) is 13.1. The van der Waals surface area contributed by atoms with E-state index in [1.54, 1.807) is 10.9 Å². The fraction of sp³-hybridized carbons (Fsp3) is 0.625. The summed E-state index contributed by atoms with van der Waals surface area (Å²) in [6.45, 7) is 2.87. The van der Waals surface area contributed by atoms with Gasteiger partial charge in [0.05, 0.1) is 11.9 Å². The third kappa shape index (κ3) is 2.35. The number of aliphatic hydroxyl groups excluding tert-OH is 1. The number of rotatable bonds is 4. The van der Waals surface area contributed by atoms with Crippen LogP contribution >= 0.6 is 0 Å². The molecule has 1 unspecified atom stereocenters. The summed E-state index contributed by atoms with van der Waals surface area (Å²) in [6.07, 6.45) is 2.39. The van der Waals surface area contributed by atoms with Crippen LogP contribution in [-0.2, 0) is 6.54 Å². The Labute approximate surface area is 77.3 Å². The Hall–Kier alpha value is -1.23. The third-order valence-electron chi connectivity index (χ3n) is 2.06. The maximum atomic E-state index is 8.80. The third-order valence-corrected chi connectivity index (χ3v) is 2.06. The number of hydrogen-bond donors (Lipinski definition) is 3. The lowest BCUT2D eigenvalue weighted by Crippen LogP contribution is -2.10. The van der Waals surface area contributed by atoms with Crippen molar-refractivity contribution in [2.45, 2.75) is 19.9 Å². The van der Waals surface area contributed by atoms with Gasteiger partial charge in [-0.05, 0) is 12.3 Å². The van der Waals surface area contributed by atoms with Gasteiger partial charge in [-0.25, -0.2) is 4.68 Å². The molecule has 0 aliphatic carbocycles. The van der Waals surface area contributed by atoms with E-state index < -0.39 is 0 Å². The molecule has 0 bridgehead atoms. The van der Waals surface area contributed by atoms with Crippen molar-refractivity contribution in [2.24, 2.45) is 5.92 Å². The second kappa shape index (κ2) is 4.13. The van der Waals surface area contributed by atoms with Crippen LogP contribution in [0.1, 0.15) is 13.3 Å². The second-order valence-electron chi connectivity index (χ2n) is 3.28. The molecule has 13 heavy (non-hydrogen) atoms. The molecule has 5 heteroatoms. The number of anilines is 2. The van der Waals surface area contributed by atoms with Crippen molar-refractivity contribution in [1.29, 1.82) is 0 Å². The molecule has 1 aromatic heterocycles. The lowest BCUT2D eigenvalue weighted by atomic mass is 10.1. The van der Waals surface area contributed by atoms with Crippen LogP contribution in [0.2, 0.25) is 0 Å². The van der Waals surface area contributed by atoms with Crippen molar-refractivity contribution in [2.75, 3.05) is 18.1 Å². The molecule has 0 spiro atoms.